The highest BCUT2D eigenvalue weighted by atomic mass is 16.5. The Morgan fingerprint density at radius 2 is 2.00 bits per heavy atom. The molecule has 2 unspecified atom stereocenters. The molecule has 1 aromatic heterocycles. The van der Waals surface area contributed by atoms with Gasteiger partial charge in [-0.1, -0.05) is 19.1 Å². The second-order valence-electron chi connectivity index (χ2n) is 5.04. The Balaban J connectivity index is 2.18. The van der Waals surface area contributed by atoms with Crippen molar-refractivity contribution in [1.29, 1.82) is 0 Å². The first-order valence-corrected chi connectivity index (χ1v) is 7.08. The first-order chi connectivity index (χ1) is 9.67. The summed E-state index contributed by atoms with van der Waals surface area (Å²) in [6, 6.07) is 8.05. The molecule has 2 atom stereocenters. The number of methoxy groups -OCH3 is 1. The molecule has 0 fully saturated rings. The van der Waals surface area contributed by atoms with Gasteiger partial charge in [0.1, 0.15) is 11.6 Å². The van der Waals surface area contributed by atoms with E-state index >= 15 is 0 Å². The third-order valence-corrected chi connectivity index (χ3v) is 3.68. The standard InChI is InChI=1S/C16H23N3O/c1-4-5-15-18-10-11-19(15)12(2)16(17)13-6-8-14(20-3)9-7-13/h6-12,16H,4-5,17H2,1-3H3. The molecule has 2 N–H and O–H groups in total. The molecule has 0 bridgehead atoms. The van der Waals surface area contributed by atoms with Crippen LogP contribution in [0, 0.1) is 0 Å². The van der Waals surface area contributed by atoms with Crippen molar-refractivity contribution < 1.29 is 4.74 Å². The van der Waals surface area contributed by atoms with Crippen molar-refractivity contribution >= 4 is 0 Å². The van der Waals surface area contributed by atoms with Crippen LogP contribution in [0.4, 0.5) is 0 Å². The van der Waals surface area contributed by atoms with Gasteiger partial charge in [-0.05, 0) is 31.0 Å². The predicted octanol–water partition coefficient (Wildman–Crippen LogP) is 3.11. The van der Waals surface area contributed by atoms with Gasteiger partial charge in [-0.2, -0.15) is 0 Å². The lowest BCUT2D eigenvalue weighted by Crippen LogP contribution is -2.23. The third-order valence-electron chi connectivity index (χ3n) is 3.68. The number of benzene rings is 1. The van der Waals surface area contributed by atoms with Gasteiger partial charge in [-0.3, -0.25) is 0 Å². The van der Waals surface area contributed by atoms with Crippen LogP contribution < -0.4 is 10.5 Å². The molecule has 0 radical (unpaired) electrons. The summed E-state index contributed by atoms with van der Waals surface area (Å²) < 4.78 is 7.36. The SMILES string of the molecule is CCCc1nccn1C(C)C(N)c1ccc(OC)cc1. The van der Waals surface area contributed by atoms with Crippen LogP contribution in [0.15, 0.2) is 36.7 Å². The Bertz CT molecular complexity index is 533. The summed E-state index contributed by atoms with van der Waals surface area (Å²) in [6.07, 6.45) is 5.93. The number of hydrogen-bond acceptors (Lipinski definition) is 3. The zero-order valence-corrected chi connectivity index (χ0v) is 12.4. The fraction of sp³-hybridized carbons (Fsp3) is 0.438. The molecule has 0 spiro atoms. The van der Waals surface area contributed by atoms with E-state index in [1.165, 1.54) is 0 Å². The average Bonchev–Trinajstić information content (AvgIpc) is 2.94. The minimum absolute atomic E-state index is 0.0642. The van der Waals surface area contributed by atoms with Gasteiger partial charge in [0.25, 0.3) is 0 Å². The topological polar surface area (TPSA) is 53.1 Å². The molecule has 4 nitrogen and oxygen atoms in total. The predicted molar refractivity (Wildman–Crippen MR) is 80.9 cm³/mol. The van der Waals surface area contributed by atoms with Gasteiger partial charge >= 0.3 is 0 Å². The maximum absolute atomic E-state index is 6.40. The Hall–Kier alpha value is -1.81. The smallest absolute Gasteiger partial charge is 0.118 e. The van der Waals surface area contributed by atoms with Crippen molar-refractivity contribution in [3.63, 3.8) is 0 Å². The van der Waals surface area contributed by atoms with Gasteiger partial charge in [0, 0.05) is 18.8 Å². The van der Waals surface area contributed by atoms with E-state index in [4.69, 9.17) is 10.5 Å². The molecule has 1 aromatic carbocycles. The van der Waals surface area contributed by atoms with E-state index in [1.54, 1.807) is 7.11 Å². The van der Waals surface area contributed by atoms with Crippen LogP contribution in [0.2, 0.25) is 0 Å². The minimum Gasteiger partial charge on any atom is -0.497 e. The lowest BCUT2D eigenvalue weighted by atomic mass is 10.0. The molecule has 108 valence electrons. The normalized spacial score (nSPS) is 14.0. The summed E-state index contributed by atoms with van der Waals surface area (Å²) in [5.74, 6) is 1.95. The van der Waals surface area contributed by atoms with Crippen LogP contribution in [0.5, 0.6) is 5.75 Å². The summed E-state index contributed by atoms with van der Waals surface area (Å²) in [6.45, 7) is 4.29. The van der Waals surface area contributed by atoms with Crippen LogP contribution in [0.1, 0.15) is 43.7 Å². The highest BCUT2D eigenvalue weighted by Crippen LogP contribution is 2.26. The number of imidazole rings is 1. The number of aryl methyl sites for hydroxylation is 1. The van der Waals surface area contributed by atoms with E-state index in [2.05, 4.69) is 23.4 Å². The minimum atomic E-state index is -0.0642. The zero-order chi connectivity index (χ0) is 14.5. The largest absolute Gasteiger partial charge is 0.497 e. The molecule has 0 amide bonds. The van der Waals surface area contributed by atoms with Crippen molar-refractivity contribution in [2.75, 3.05) is 7.11 Å². The molecule has 0 aliphatic carbocycles. The molecular formula is C16H23N3O. The maximum Gasteiger partial charge on any atom is 0.118 e. The highest BCUT2D eigenvalue weighted by molar-refractivity contribution is 5.29. The first kappa shape index (κ1) is 14.6. The van der Waals surface area contributed by atoms with Crippen molar-refractivity contribution in [2.45, 2.75) is 38.8 Å². The Labute approximate surface area is 120 Å². The Morgan fingerprint density at radius 1 is 1.30 bits per heavy atom. The van der Waals surface area contributed by atoms with Crippen LogP contribution in [0.3, 0.4) is 0 Å². The Kier molecular flexibility index (Phi) is 4.79. The molecule has 0 saturated heterocycles. The first-order valence-electron chi connectivity index (χ1n) is 7.08. The van der Waals surface area contributed by atoms with Crippen LogP contribution in [-0.2, 0) is 6.42 Å². The second kappa shape index (κ2) is 6.57. The third kappa shape index (κ3) is 3.02. The maximum atomic E-state index is 6.40. The lowest BCUT2D eigenvalue weighted by Gasteiger charge is -2.23. The Morgan fingerprint density at radius 3 is 2.60 bits per heavy atom. The van der Waals surface area contributed by atoms with Crippen molar-refractivity contribution in [3.8, 4) is 5.75 Å². The quantitative estimate of drug-likeness (QED) is 0.880. The van der Waals surface area contributed by atoms with Crippen molar-refractivity contribution in [1.82, 2.24) is 9.55 Å². The number of aromatic nitrogens is 2. The summed E-state index contributed by atoms with van der Waals surface area (Å²) >= 11 is 0. The van der Waals surface area contributed by atoms with E-state index < -0.39 is 0 Å². The summed E-state index contributed by atoms with van der Waals surface area (Å²) in [5.41, 5.74) is 7.50. The molecule has 0 aliphatic rings. The zero-order valence-electron chi connectivity index (χ0n) is 12.4. The number of nitrogens with two attached hydrogens (primary N) is 1. The number of hydrogen-bond donors (Lipinski definition) is 1. The van der Waals surface area contributed by atoms with E-state index in [1.807, 2.05) is 36.7 Å². The van der Waals surface area contributed by atoms with Gasteiger partial charge < -0.3 is 15.0 Å². The number of ether oxygens (including phenoxy) is 1. The second-order valence-corrected chi connectivity index (χ2v) is 5.04. The van der Waals surface area contributed by atoms with E-state index in [-0.39, 0.29) is 12.1 Å². The molecule has 2 aromatic rings. The lowest BCUT2D eigenvalue weighted by molar-refractivity contribution is 0.412. The molecule has 2 rings (SSSR count). The average molecular weight is 273 g/mol. The molecule has 0 aliphatic heterocycles. The fourth-order valence-electron chi connectivity index (χ4n) is 2.41. The fourth-order valence-corrected chi connectivity index (χ4v) is 2.41. The van der Waals surface area contributed by atoms with Gasteiger partial charge in [0.05, 0.1) is 19.2 Å². The summed E-state index contributed by atoms with van der Waals surface area (Å²) in [4.78, 5) is 4.42. The van der Waals surface area contributed by atoms with E-state index in [0.29, 0.717) is 0 Å². The van der Waals surface area contributed by atoms with Crippen LogP contribution in [-0.4, -0.2) is 16.7 Å². The highest BCUT2D eigenvalue weighted by Gasteiger charge is 2.18. The molecular weight excluding hydrogens is 250 g/mol. The van der Waals surface area contributed by atoms with Gasteiger partial charge in [-0.25, -0.2) is 4.98 Å². The van der Waals surface area contributed by atoms with Crippen molar-refractivity contribution in [3.05, 3.63) is 48.0 Å². The van der Waals surface area contributed by atoms with Crippen molar-refractivity contribution in [2.24, 2.45) is 5.73 Å². The monoisotopic (exact) mass is 273 g/mol. The van der Waals surface area contributed by atoms with E-state index in [9.17, 15) is 0 Å². The molecule has 4 heteroatoms. The molecule has 20 heavy (non-hydrogen) atoms. The summed E-state index contributed by atoms with van der Waals surface area (Å²) in [5, 5.41) is 0. The van der Waals surface area contributed by atoms with Gasteiger partial charge in [0.2, 0.25) is 0 Å². The number of rotatable bonds is 6. The summed E-state index contributed by atoms with van der Waals surface area (Å²) in [7, 11) is 1.67. The van der Waals surface area contributed by atoms with Gasteiger partial charge in [-0.15, -0.1) is 0 Å². The van der Waals surface area contributed by atoms with Crippen LogP contribution in [0.25, 0.3) is 0 Å². The van der Waals surface area contributed by atoms with Gasteiger partial charge in [0.15, 0.2) is 0 Å². The molecule has 0 saturated carbocycles. The van der Waals surface area contributed by atoms with E-state index in [0.717, 1.165) is 30.0 Å². The van der Waals surface area contributed by atoms with Crippen LogP contribution >= 0.6 is 0 Å². The number of nitrogens with zero attached hydrogens (tertiary/aromatic N) is 2. The molecule has 1 heterocycles.